The van der Waals surface area contributed by atoms with Gasteiger partial charge in [-0.3, -0.25) is 0 Å². The number of fused-ring (bicyclic) bond motifs is 1. The van der Waals surface area contributed by atoms with Crippen LogP contribution >= 0.6 is 0 Å². The second-order valence-corrected chi connectivity index (χ2v) is 3.58. The number of benzene rings is 2. The van der Waals surface area contributed by atoms with Crippen molar-refractivity contribution in [1.29, 1.82) is 0 Å². The van der Waals surface area contributed by atoms with Gasteiger partial charge in [-0.05, 0) is 35.0 Å². The van der Waals surface area contributed by atoms with Gasteiger partial charge in [-0.25, -0.2) is 0 Å². The number of phenols is 1. The Morgan fingerprint density at radius 1 is 1.06 bits per heavy atom. The predicted molar refractivity (Wildman–Crippen MR) is 67.3 cm³/mol. The molecule has 0 aromatic heterocycles. The molecule has 0 saturated heterocycles. The Morgan fingerprint density at radius 3 is 2.65 bits per heavy atom. The zero-order chi connectivity index (χ0) is 12.1. The zero-order valence-corrected chi connectivity index (χ0v) is 9.43. The van der Waals surface area contributed by atoms with Gasteiger partial charge in [0.2, 0.25) is 0 Å². The lowest BCUT2D eigenvalue weighted by atomic mass is 10.1. The molecule has 0 heterocycles. The van der Waals surface area contributed by atoms with Crippen LogP contribution in [0, 0.1) is 0 Å². The van der Waals surface area contributed by atoms with E-state index in [-0.39, 0.29) is 5.75 Å². The van der Waals surface area contributed by atoms with Gasteiger partial charge in [-0.1, -0.05) is 18.7 Å². The van der Waals surface area contributed by atoms with Crippen LogP contribution < -0.4 is 4.74 Å². The Bertz CT molecular complexity index is 520. The minimum absolute atomic E-state index is 0.269. The van der Waals surface area contributed by atoms with Crippen LogP contribution in [0.25, 0.3) is 10.8 Å². The van der Waals surface area contributed by atoms with E-state index in [2.05, 4.69) is 6.58 Å². The molecule has 0 bridgehead atoms. The normalized spacial score (nSPS) is 10.1. The summed E-state index contributed by atoms with van der Waals surface area (Å²) in [5.74, 6) is 1.06. The molecule has 0 fully saturated rings. The molecule has 3 heteroatoms. The third-order valence-corrected chi connectivity index (χ3v) is 2.38. The third kappa shape index (κ3) is 2.91. The summed E-state index contributed by atoms with van der Waals surface area (Å²) >= 11 is 0. The zero-order valence-electron chi connectivity index (χ0n) is 9.43. The first-order valence-corrected chi connectivity index (χ1v) is 5.38. The summed E-state index contributed by atoms with van der Waals surface area (Å²) in [6.45, 7) is 4.42. The summed E-state index contributed by atoms with van der Waals surface area (Å²) in [7, 11) is 0. The average molecular weight is 230 g/mol. The SMILES string of the molecule is C=COCCOc1ccc2cc(O)ccc2c1. The molecule has 0 spiro atoms. The number of phenolic OH excluding ortho intramolecular Hbond substituents is 1. The maximum absolute atomic E-state index is 9.34. The van der Waals surface area contributed by atoms with Crippen molar-refractivity contribution in [2.45, 2.75) is 0 Å². The van der Waals surface area contributed by atoms with Crippen molar-refractivity contribution in [2.24, 2.45) is 0 Å². The molecule has 17 heavy (non-hydrogen) atoms. The first-order valence-electron chi connectivity index (χ1n) is 5.38. The average Bonchev–Trinajstić information content (AvgIpc) is 2.35. The molecular formula is C14H14O3. The summed E-state index contributed by atoms with van der Waals surface area (Å²) in [5.41, 5.74) is 0. The van der Waals surface area contributed by atoms with Gasteiger partial charge < -0.3 is 14.6 Å². The minimum atomic E-state index is 0.269. The smallest absolute Gasteiger partial charge is 0.122 e. The molecule has 0 radical (unpaired) electrons. The van der Waals surface area contributed by atoms with Gasteiger partial charge in [-0.15, -0.1) is 0 Å². The van der Waals surface area contributed by atoms with Crippen LogP contribution in [0.1, 0.15) is 0 Å². The van der Waals surface area contributed by atoms with Crippen molar-refractivity contribution in [1.82, 2.24) is 0 Å². The molecule has 0 aliphatic rings. The Balaban J connectivity index is 2.09. The number of hydrogen-bond donors (Lipinski definition) is 1. The molecule has 0 saturated carbocycles. The molecule has 2 rings (SSSR count). The topological polar surface area (TPSA) is 38.7 Å². The van der Waals surface area contributed by atoms with Crippen molar-refractivity contribution >= 4 is 10.8 Å². The largest absolute Gasteiger partial charge is 0.508 e. The second kappa shape index (κ2) is 5.25. The first-order chi connectivity index (χ1) is 8.29. The van der Waals surface area contributed by atoms with E-state index < -0.39 is 0 Å². The van der Waals surface area contributed by atoms with E-state index in [0.717, 1.165) is 16.5 Å². The van der Waals surface area contributed by atoms with Gasteiger partial charge in [0.05, 0.1) is 6.26 Å². The number of hydrogen-bond acceptors (Lipinski definition) is 3. The first kappa shape index (κ1) is 11.3. The second-order valence-electron chi connectivity index (χ2n) is 3.58. The Morgan fingerprint density at radius 2 is 1.82 bits per heavy atom. The van der Waals surface area contributed by atoms with Gasteiger partial charge in [0, 0.05) is 0 Å². The highest BCUT2D eigenvalue weighted by Crippen LogP contribution is 2.24. The van der Waals surface area contributed by atoms with Crippen LogP contribution in [0.4, 0.5) is 0 Å². The maximum Gasteiger partial charge on any atom is 0.122 e. The van der Waals surface area contributed by atoms with Gasteiger partial charge in [0.1, 0.15) is 24.7 Å². The van der Waals surface area contributed by atoms with E-state index in [1.165, 1.54) is 6.26 Å². The summed E-state index contributed by atoms with van der Waals surface area (Å²) in [5, 5.41) is 11.4. The lowest BCUT2D eigenvalue weighted by Gasteiger charge is -2.07. The third-order valence-electron chi connectivity index (χ3n) is 2.38. The standard InChI is InChI=1S/C14H14O3/c1-2-16-7-8-17-14-6-4-11-9-13(15)5-3-12(11)10-14/h2-6,9-10,15H,1,7-8H2. The molecule has 0 unspecified atom stereocenters. The highest BCUT2D eigenvalue weighted by atomic mass is 16.5. The van der Waals surface area contributed by atoms with Gasteiger partial charge in [0.15, 0.2) is 0 Å². The molecule has 0 aliphatic carbocycles. The number of rotatable bonds is 5. The van der Waals surface area contributed by atoms with Gasteiger partial charge in [-0.2, -0.15) is 0 Å². The summed E-state index contributed by atoms with van der Waals surface area (Å²) < 4.78 is 10.5. The monoisotopic (exact) mass is 230 g/mol. The summed E-state index contributed by atoms with van der Waals surface area (Å²) in [4.78, 5) is 0. The highest BCUT2D eigenvalue weighted by molar-refractivity contribution is 5.85. The predicted octanol–water partition coefficient (Wildman–Crippen LogP) is 3.08. The molecule has 0 atom stereocenters. The maximum atomic E-state index is 9.34. The van der Waals surface area contributed by atoms with E-state index in [1.54, 1.807) is 12.1 Å². The van der Waals surface area contributed by atoms with Crippen molar-refractivity contribution in [3.63, 3.8) is 0 Å². The fourth-order valence-corrected chi connectivity index (χ4v) is 1.59. The van der Waals surface area contributed by atoms with Crippen LogP contribution in [0.2, 0.25) is 0 Å². The van der Waals surface area contributed by atoms with Crippen molar-refractivity contribution in [3.8, 4) is 11.5 Å². The van der Waals surface area contributed by atoms with Crippen LogP contribution in [0.5, 0.6) is 11.5 Å². The molecule has 0 amide bonds. The van der Waals surface area contributed by atoms with Gasteiger partial charge in [0.25, 0.3) is 0 Å². The lowest BCUT2D eigenvalue weighted by Crippen LogP contribution is -2.03. The Labute approximate surface area is 99.9 Å². The van der Waals surface area contributed by atoms with Crippen LogP contribution in [-0.2, 0) is 4.74 Å². The number of aromatic hydroxyl groups is 1. The van der Waals surface area contributed by atoms with Crippen LogP contribution in [0.15, 0.2) is 49.2 Å². The molecule has 88 valence electrons. The van der Waals surface area contributed by atoms with Crippen molar-refractivity contribution in [2.75, 3.05) is 13.2 Å². The van der Waals surface area contributed by atoms with E-state index in [1.807, 2.05) is 24.3 Å². The van der Waals surface area contributed by atoms with Crippen LogP contribution in [0.3, 0.4) is 0 Å². The lowest BCUT2D eigenvalue weighted by molar-refractivity contribution is 0.180. The quantitative estimate of drug-likeness (QED) is 0.633. The summed E-state index contributed by atoms with van der Waals surface area (Å²) in [6, 6.07) is 11.0. The molecule has 2 aromatic carbocycles. The Kier molecular flexibility index (Phi) is 3.50. The van der Waals surface area contributed by atoms with E-state index >= 15 is 0 Å². The highest BCUT2D eigenvalue weighted by Gasteiger charge is 1.98. The van der Waals surface area contributed by atoms with E-state index in [4.69, 9.17) is 9.47 Å². The molecular weight excluding hydrogens is 216 g/mol. The van der Waals surface area contributed by atoms with E-state index in [9.17, 15) is 5.11 Å². The number of ether oxygens (including phenoxy) is 2. The molecule has 2 aromatic rings. The molecule has 0 aliphatic heterocycles. The van der Waals surface area contributed by atoms with Gasteiger partial charge >= 0.3 is 0 Å². The molecule has 3 nitrogen and oxygen atoms in total. The Hall–Kier alpha value is -2.16. The van der Waals surface area contributed by atoms with Crippen LogP contribution in [-0.4, -0.2) is 18.3 Å². The minimum Gasteiger partial charge on any atom is -0.508 e. The molecule has 1 N–H and O–H groups in total. The fourth-order valence-electron chi connectivity index (χ4n) is 1.59. The van der Waals surface area contributed by atoms with Crippen molar-refractivity contribution in [3.05, 3.63) is 49.2 Å². The summed E-state index contributed by atoms with van der Waals surface area (Å²) in [6.07, 6.45) is 1.40. The fraction of sp³-hybridized carbons (Fsp3) is 0.143. The van der Waals surface area contributed by atoms with E-state index in [0.29, 0.717) is 13.2 Å². The van der Waals surface area contributed by atoms with Crippen molar-refractivity contribution < 1.29 is 14.6 Å².